The molecule has 1 aromatic carbocycles. The van der Waals surface area contributed by atoms with Gasteiger partial charge in [-0.2, -0.15) is 5.10 Å². The summed E-state index contributed by atoms with van der Waals surface area (Å²) < 4.78 is 11.0. The molecule has 0 fully saturated rings. The first-order valence-corrected chi connectivity index (χ1v) is 6.77. The lowest BCUT2D eigenvalue weighted by molar-refractivity contribution is 0.308. The third-order valence-corrected chi connectivity index (χ3v) is 3.18. The van der Waals surface area contributed by atoms with Crippen molar-refractivity contribution in [3.63, 3.8) is 0 Å². The maximum atomic E-state index is 5.58. The molecule has 1 unspecified atom stereocenters. The molecule has 5 heteroatoms. The molecular formula is C15H21N3O2. The van der Waals surface area contributed by atoms with Gasteiger partial charge in [-0.25, -0.2) is 0 Å². The predicted octanol–water partition coefficient (Wildman–Crippen LogP) is 2.67. The largest absolute Gasteiger partial charge is 0.493 e. The number of benzene rings is 1. The molecule has 0 saturated heterocycles. The maximum Gasteiger partial charge on any atom is 0.165 e. The Balaban J connectivity index is 2.07. The van der Waals surface area contributed by atoms with E-state index in [4.69, 9.17) is 9.47 Å². The van der Waals surface area contributed by atoms with E-state index >= 15 is 0 Å². The van der Waals surface area contributed by atoms with Gasteiger partial charge in [0.15, 0.2) is 11.5 Å². The molecule has 0 saturated carbocycles. The molecule has 2 aromatic rings. The predicted molar refractivity (Wildman–Crippen MR) is 78.0 cm³/mol. The highest BCUT2D eigenvalue weighted by Crippen LogP contribution is 2.31. The summed E-state index contributed by atoms with van der Waals surface area (Å²) in [4.78, 5) is 0. The molecule has 1 heterocycles. The van der Waals surface area contributed by atoms with Crippen LogP contribution in [0.3, 0.4) is 0 Å². The standard InChI is InChI=1S/C15H21N3O2/c1-4-20-14-7-5-6-12(15(14)19-3)8-16-11(2)13-9-17-18-10-13/h5-7,9-11,16H,4,8H2,1-3H3,(H,17,18). The number of para-hydroxylation sites is 1. The maximum absolute atomic E-state index is 5.58. The van der Waals surface area contributed by atoms with Crippen LogP contribution in [0.15, 0.2) is 30.6 Å². The summed E-state index contributed by atoms with van der Waals surface area (Å²) in [5.41, 5.74) is 2.21. The van der Waals surface area contributed by atoms with Crippen LogP contribution in [0, 0.1) is 0 Å². The van der Waals surface area contributed by atoms with E-state index in [0.29, 0.717) is 13.2 Å². The van der Waals surface area contributed by atoms with Gasteiger partial charge in [-0.1, -0.05) is 12.1 Å². The van der Waals surface area contributed by atoms with Crippen molar-refractivity contribution in [1.82, 2.24) is 15.5 Å². The van der Waals surface area contributed by atoms with Crippen molar-refractivity contribution < 1.29 is 9.47 Å². The first kappa shape index (κ1) is 14.4. The van der Waals surface area contributed by atoms with Crippen LogP contribution in [0.1, 0.15) is 31.0 Å². The summed E-state index contributed by atoms with van der Waals surface area (Å²) in [5.74, 6) is 1.58. The summed E-state index contributed by atoms with van der Waals surface area (Å²) in [6.45, 7) is 5.39. The molecule has 1 aromatic heterocycles. The molecule has 108 valence electrons. The molecule has 2 rings (SSSR count). The van der Waals surface area contributed by atoms with E-state index in [2.05, 4.69) is 22.4 Å². The number of ether oxygens (including phenoxy) is 2. The van der Waals surface area contributed by atoms with E-state index in [-0.39, 0.29) is 6.04 Å². The van der Waals surface area contributed by atoms with Crippen molar-refractivity contribution >= 4 is 0 Å². The van der Waals surface area contributed by atoms with E-state index in [1.54, 1.807) is 7.11 Å². The molecule has 0 aliphatic heterocycles. The van der Waals surface area contributed by atoms with Crippen molar-refractivity contribution in [3.05, 3.63) is 41.7 Å². The lowest BCUT2D eigenvalue weighted by Gasteiger charge is -2.16. The first-order valence-electron chi connectivity index (χ1n) is 6.77. The van der Waals surface area contributed by atoms with Gasteiger partial charge in [0.1, 0.15) is 0 Å². The fraction of sp³-hybridized carbons (Fsp3) is 0.400. The Morgan fingerprint density at radius 1 is 1.40 bits per heavy atom. The zero-order valence-corrected chi connectivity index (χ0v) is 12.1. The van der Waals surface area contributed by atoms with Crippen molar-refractivity contribution in [1.29, 1.82) is 0 Å². The molecule has 0 amide bonds. The number of H-pyrrole nitrogens is 1. The van der Waals surface area contributed by atoms with Gasteiger partial charge in [0, 0.05) is 29.9 Å². The van der Waals surface area contributed by atoms with Gasteiger partial charge in [0.05, 0.1) is 19.9 Å². The van der Waals surface area contributed by atoms with Crippen LogP contribution >= 0.6 is 0 Å². The van der Waals surface area contributed by atoms with Gasteiger partial charge in [-0.05, 0) is 19.9 Å². The quantitative estimate of drug-likeness (QED) is 0.815. The molecule has 5 nitrogen and oxygen atoms in total. The van der Waals surface area contributed by atoms with Crippen LogP contribution in [0.2, 0.25) is 0 Å². The third-order valence-electron chi connectivity index (χ3n) is 3.18. The summed E-state index contributed by atoms with van der Waals surface area (Å²) in [6, 6.07) is 6.16. The van der Waals surface area contributed by atoms with Gasteiger partial charge in [-0.3, -0.25) is 5.10 Å². The molecule has 2 N–H and O–H groups in total. The van der Waals surface area contributed by atoms with Crippen molar-refractivity contribution in [2.45, 2.75) is 26.4 Å². The number of nitrogens with zero attached hydrogens (tertiary/aromatic N) is 1. The van der Waals surface area contributed by atoms with E-state index in [9.17, 15) is 0 Å². The monoisotopic (exact) mass is 275 g/mol. The lowest BCUT2D eigenvalue weighted by atomic mass is 10.1. The highest BCUT2D eigenvalue weighted by Gasteiger charge is 2.11. The number of methoxy groups -OCH3 is 1. The molecule has 0 bridgehead atoms. The molecule has 0 radical (unpaired) electrons. The SMILES string of the molecule is CCOc1cccc(CNC(C)c2cn[nH]c2)c1OC. The second-order valence-corrected chi connectivity index (χ2v) is 4.52. The molecule has 0 spiro atoms. The minimum atomic E-state index is 0.217. The average Bonchev–Trinajstić information content (AvgIpc) is 2.99. The minimum Gasteiger partial charge on any atom is -0.493 e. The van der Waals surface area contributed by atoms with Crippen molar-refractivity contribution in [3.8, 4) is 11.5 Å². The normalized spacial score (nSPS) is 12.2. The van der Waals surface area contributed by atoms with E-state index in [1.807, 2.05) is 37.5 Å². The van der Waals surface area contributed by atoms with Crippen LogP contribution in [0.25, 0.3) is 0 Å². The molecule has 0 aliphatic rings. The minimum absolute atomic E-state index is 0.217. The topological polar surface area (TPSA) is 59.2 Å². The molecule has 1 atom stereocenters. The van der Waals surface area contributed by atoms with E-state index in [0.717, 1.165) is 22.6 Å². The summed E-state index contributed by atoms with van der Waals surface area (Å²) >= 11 is 0. The average molecular weight is 275 g/mol. The van der Waals surface area contributed by atoms with Gasteiger partial charge < -0.3 is 14.8 Å². The Bertz CT molecular complexity index is 526. The van der Waals surface area contributed by atoms with Crippen LogP contribution in [-0.2, 0) is 6.54 Å². The number of hydrogen-bond acceptors (Lipinski definition) is 4. The Labute approximate surface area is 119 Å². The number of aromatic nitrogens is 2. The van der Waals surface area contributed by atoms with Crippen LogP contribution in [0.5, 0.6) is 11.5 Å². The number of aromatic amines is 1. The van der Waals surface area contributed by atoms with Crippen LogP contribution in [0.4, 0.5) is 0 Å². The summed E-state index contributed by atoms with van der Waals surface area (Å²) in [6.07, 6.45) is 3.72. The second-order valence-electron chi connectivity index (χ2n) is 4.52. The first-order chi connectivity index (χ1) is 9.76. The van der Waals surface area contributed by atoms with Crippen molar-refractivity contribution in [2.75, 3.05) is 13.7 Å². The fourth-order valence-corrected chi connectivity index (χ4v) is 2.08. The lowest BCUT2D eigenvalue weighted by Crippen LogP contribution is -2.18. The molecule has 20 heavy (non-hydrogen) atoms. The van der Waals surface area contributed by atoms with E-state index in [1.165, 1.54) is 0 Å². The highest BCUT2D eigenvalue weighted by atomic mass is 16.5. The van der Waals surface area contributed by atoms with Crippen molar-refractivity contribution in [2.24, 2.45) is 0 Å². The number of rotatable bonds is 7. The Hall–Kier alpha value is -2.01. The number of hydrogen-bond donors (Lipinski definition) is 2. The Morgan fingerprint density at radius 2 is 2.25 bits per heavy atom. The molecule has 0 aliphatic carbocycles. The summed E-state index contributed by atoms with van der Waals surface area (Å²) in [5, 5.41) is 10.2. The Kier molecular flexibility index (Phi) is 5.01. The second kappa shape index (κ2) is 6.96. The van der Waals surface area contributed by atoms with E-state index < -0.39 is 0 Å². The smallest absolute Gasteiger partial charge is 0.165 e. The van der Waals surface area contributed by atoms with Gasteiger partial charge in [0.25, 0.3) is 0 Å². The van der Waals surface area contributed by atoms with Gasteiger partial charge in [-0.15, -0.1) is 0 Å². The van der Waals surface area contributed by atoms with Gasteiger partial charge >= 0.3 is 0 Å². The zero-order chi connectivity index (χ0) is 14.4. The third kappa shape index (κ3) is 3.30. The van der Waals surface area contributed by atoms with Crippen LogP contribution in [-0.4, -0.2) is 23.9 Å². The Morgan fingerprint density at radius 3 is 2.90 bits per heavy atom. The molecular weight excluding hydrogens is 254 g/mol. The summed E-state index contributed by atoms with van der Waals surface area (Å²) in [7, 11) is 1.67. The fourth-order valence-electron chi connectivity index (χ4n) is 2.08. The highest BCUT2D eigenvalue weighted by molar-refractivity contribution is 5.46. The van der Waals surface area contributed by atoms with Gasteiger partial charge in [0.2, 0.25) is 0 Å². The number of nitrogens with one attached hydrogen (secondary N) is 2. The zero-order valence-electron chi connectivity index (χ0n) is 12.1. The van der Waals surface area contributed by atoms with Crippen LogP contribution < -0.4 is 14.8 Å².